The lowest BCUT2D eigenvalue weighted by Gasteiger charge is -2.37. The third-order valence-corrected chi connectivity index (χ3v) is 11.0. The Bertz CT molecular complexity index is 2820. The van der Waals surface area contributed by atoms with E-state index < -0.39 is 17.3 Å². The lowest BCUT2D eigenvalue weighted by Crippen LogP contribution is -2.50. The van der Waals surface area contributed by atoms with Gasteiger partial charge in [0.25, 0.3) is 5.56 Å². The van der Waals surface area contributed by atoms with Gasteiger partial charge in [-0.3, -0.25) is 4.79 Å². The molecule has 4 aromatic carbocycles. The largest absolute Gasteiger partial charge is 0.497 e. The van der Waals surface area contributed by atoms with Gasteiger partial charge in [0.1, 0.15) is 23.7 Å². The summed E-state index contributed by atoms with van der Waals surface area (Å²) in [5, 5.41) is 7.03. The Morgan fingerprint density at radius 2 is 1.56 bits per heavy atom. The average Bonchev–Trinajstić information content (AvgIpc) is 3.55. The molecule has 11 nitrogen and oxygen atoms in total. The smallest absolute Gasteiger partial charge is 0.419 e. The molecule has 14 heteroatoms. The van der Waals surface area contributed by atoms with Crippen molar-refractivity contribution in [3.8, 4) is 22.8 Å². The van der Waals surface area contributed by atoms with Gasteiger partial charge in [-0.1, -0.05) is 48.5 Å². The number of rotatable bonds is 9. The van der Waals surface area contributed by atoms with Gasteiger partial charge in [0, 0.05) is 54.7 Å². The van der Waals surface area contributed by atoms with Crippen molar-refractivity contribution in [3.63, 3.8) is 0 Å². The maximum atomic E-state index is 15.0. The van der Waals surface area contributed by atoms with Crippen molar-refractivity contribution >= 4 is 44.5 Å². The fourth-order valence-corrected chi connectivity index (χ4v) is 8.02. The average molecular weight is 833 g/mol. The third kappa shape index (κ3) is 8.18. The van der Waals surface area contributed by atoms with Gasteiger partial charge in [-0.05, 0) is 88.2 Å². The Morgan fingerprint density at radius 1 is 0.836 bits per heavy atom. The summed E-state index contributed by atoms with van der Waals surface area (Å²) in [7, 11) is 1.59. The zero-order valence-electron chi connectivity index (χ0n) is 35.0. The van der Waals surface area contributed by atoms with Crippen LogP contribution in [0.1, 0.15) is 50.1 Å². The van der Waals surface area contributed by atoms with Crippen molar-refractivity contribution in [1.29, 1.82) is 0 Å². The van der Waals surface area contributed by atoms with Crippen LogP contribution in [-0.2, 0) is 30.6 Å². The SMILES string of the molecule is CCn1c(=O)c2c(-c3ccc(OCc4ccccc4)c(C(F)(F)F)c3)nc3c(c(C)nn3Cc3ccc(OC)cc3)c2c2ccc(N3CCN(C(=O)OC(C)(C)C)CC3)cc21. The van der Waals surface area contributed by atoms with E-state index in [-0.39, 0.29) is 47.2 Å². The number of piperazine rings is 1. The molecular weight excluding hydrogens is 786 g/mol. The van der Waals surface area contributed by atoms with Crippen molar-refractivity contribution < 1.29 is 32.2 Å². The van der Waals surface area contributed by atoms with Gasteiger partial charge in [-0.15, -0.1) is 0 Å². The van der Waals surface area contributed by atoms with E-state index in [4.69, 9.17) is 24.3 Å². The maximum absolute atomic E-state index is 15.0. The molecule has 7 aromatic rings. The number of halogens is 3. The van der Waals surface area contributed by atoms with Crippen molar-refractivity contribution in [2.24, 2.45) is 0 Å². The Balaban J connectivity index is 1.30. The normalized spacial score (nSPS) is 13.7. The zero-order valence-corrected chi connectivity index (χ0v) is 35.0. The van der Waals surface area contributed by atoms with Gasteiger partial charge in [-0.2, -0.15) is 18.3 Å². The summed E-state index contributed by atoms with van der Waals surface area (Å²) in [6.07, 6.45) is -5.13. The number of carbonyl (C=O) groups is 1. The molecule has 0 N–H and O–H groups in total. The summed E-state index contributed by atoms with van der Waals surface area (Å²) < 4.78 is 64.8. The van der Waals surface area contributed by atoms with Crippen LogP contribution < -0.4 is 19.9 Å². The number of aryl methyl sites for hydroxylation is 2. The molecule has 0 spiro atoms. The van der Waals surface area contributed by atoms with E-state index in [2.05, 4.69) is 4.90 Å². The standard InChI is InChI=1S/C47H47F3N6O5/c1-7-55-37-26-33(53-21-23-54(24-22-53)45(58)61-46(3,4)5)16-19-35(37)40-39-29(2)52-56(27-30-13-17-34(59-6)18-14-30)43(39)51-42(41(40)44(55)57)32-15-20-38(36(25-32)47(48,49)50)60-28-31-11-9-8-10-12-31/h8-20,25-26H,7,21-24,27-28H2,1-6H3. The molecule has 0 unspecified atom stereocenters. The Labute approximate surface area is 350 Å². The molecule has 1 aliphatic heterocycles. The molecule has 3 aromatic heterocycles. The van der Waals surface area contributed by atoms with E-state index in [1.54, 1.807) is 45.5 Å². The molecule has 1 saturated heterocycles. The Kier molecular flexibility index (Phi) is 10.9. The van der Waals surface area contributed by atoms with E-state index in [9.17, 15) is 22.8 Å². The van der Waals surface area contributed by atoms with Crippen LogP contribution in [0.2, 0.25) is 0 Å². The third-order valence-electron chi connectivity index (χ3n) is 11.0. The summed E-state index contributed by atoms with van der Waals surface area (Å²) >= 11 is 0. The molecule has 0 bridgehead atoms. The monoisotopic (exact) mass is 832 g/mol. The highest BCUT2D eigenvalue weighted by atomic mass is 19.4. The first kappa shape index (κ1) is 41.2. The molecule has 1 aliphatic rings. The van der Waals surface area contributed by atoms with Gasteiger partial charge in [0.2, 0.25) is 0 Å². The maximum Gasteiger partial charge on any atom is 0.419 e. The topological polar surface area (TPSA) is 104 Å². The predicted molar refractivity (Wildman–Crippen MR) is 231 cm³/mol. The lowest BCUT2D eigenvalue weighted by molar-refractivity contribution is -0.139. The zero-order chi connectivity index (χ0) is 43.2. The van der Waals surface area contributed by atoms with Crippen molar-refractivity contribution in [2.75, 3.05) is 38.2 Å². The quantitative estimate of drug-likeness (QED) is 0.133. The van der Waals surface area contributed by atoms with Gasteiger partial charge < -0.3 is 28.6 Å². The molecule has 0 atom stereocenters. The van der Waals surface area contributed by atoms with Gasteiger partial charge in [0.05, 0.1) is 46.9 Å². The van der Waals surface area contributed by atoms with Crippen LogP contribution in [0.3, 0.4) is 0 Å². The lowest BCUT2D eigenvalue weighted by atomic mass is 9.97. The number of ether oxygens (including phenoxy) is 3. The second kappa shape index (κ2) is 16.1. The molecule has 0 saturated carbocycles. The number of hydrogen-bond acceptors (Lipinski definition) is 8. The fraction of sp³-hybridized carbons (Fsp3) is 0.319. The van der Waals surface area contributed by atoms with Crippen LogP contribution >= 0.6 is 0 Å². The molecule has 61 heavy (non-hydrogen) atoms. The Hall–Kier alpha value is -6.57. The van der Waals surface area contributed by atoms with Crippen LogP contribution in [0.5, 0.6) is 11.5 Å². The number of pyridine rings is 2. The molecule has 1 fully saturated rings. The minimum absolute atomic E-state index is 0.0607. The first-order valence-electron chi connectivity index (χ1n) is 20.2. The van der Waals surface area contributed by atoms with E-state index in [1.165, 1.54) is 12.1 Å². The van der Waals surface area contributed by atoms with Crippen molar-refractivity contribution in [2.45, 2.75) is 66.1 Å². The van der Waals surface area contributed by atoms with E-state index >= 15 is 0 Å². The molecule has 1 amide bonds. The Morgan fingerprint density at radius 3 is 2.21 bits per heavy atom. The summed E-state index contributed by atoms with van der Waals surface area (Å²) in [5.74, 6) is 0.359. The van der Waals surface area contributed by atoms with E-state index in [0.29, 0.717) is 66.1 Å². The second-order valence-corrected chi connectivity index (χ2v) is 16.2. The van der Waals surface area contributed by atoms with E-state index in [0.717, 1.165) is 28.3 Å². The van der Waals surface area contributed by atoms with Gasteiger partial charge >= 0.3 is 12.3 Å². The molecule has 4 heterocycles. The summed E-state index contributed by atoms with van der Waals surface area (Å²) in [4.78, 5) is 36.7. The molecular formula is C47H47F3N6O5. The van der Waals surface area contributed by atoms with Crippen molar-refractivity contribution in [1.82, 2.24) is 24.2 Å². The fourth-order valence-electron chi connectivity index (χ4n) is 8.02. The number of carbonyl (C=O) groups excluding carboxylic acids is 1. The number of benzene rings is 4. The summed E-state index contributed by atoms with van der Waals surface area (Å²) in [5.41, 5.74) is 2.43. The van der Waals surface area contributed by atoms with Crippen LogP contribution in [-0.4, -0.2) is 69.2 Å². The second-order valence-electron chi connectivity index (χ2n) is 16.2. The van der Waals surface area contributed by atoms with E-state index in [1.807, 2.05) is 83.1 Å². The number of hydrogen-bond donors (Lipinski definition) is 0. The van der Waals surface area contributed by atoms with Crippen LogP contribution in [0, 0.1) is 6.92 Å². The van der Waals surface area contributed by atoms with Crippen LogP contribution in [0.15, 0.2) is 95.8 Å². The highest BCUT2D eigenvalue weighted by Gasteiger charge is 2.36. The number of alkyl halides is 3. The number of fused-ring (bicyclic) bond motifs is 5. The minimum atomic E-state index is -4.78. The van der Waals surface area contributed by atoms with Crippen molar-refractivity contribution in [3.05, 3.63) is 124 Å². The predicted octanol–water partition coefficient (Wildman–Crippen LogP) is 9.61. The van der Waals surface area contributed by atoms with Gasteiger partial charge in [0.15, 0.2) is 5.65 Å². The number of methoxy groups -OCH3 is 1. The van der Waals surface area contributed by atoms with Gasteiger partial charge in [-0.25, -0.2) is 14.5 Å². The first-order valence-corrected chi connectivity index (χ1v) is 20.2. The van der Waals surface area contributed by atoms with Crippen LogP contribution in [0.4, 0.5) is 23.7 Å². The first-order chi connectivity index (χ1) is 29.1. The molecule has 0 aliphatic carbocycles. The summed E-state index contributed by atoms with van der Waals surface area (Å²) in [6, 6.07) is 26.3. The molecule has 0 radical (unpaired) electrons. The highest BCUT2D eigenvalue weighted by molar-refractivity contribution is 6.22. The number of nitrogens with zero attached hydrogens (tertiary/aromatic N) is 6. The summed E-state index contributed by atoms with van der Waals surface area (Å²) in [6.45, 7) is 11.8. The number of aromatic nitrogens is 4. The number of anilines is 1. The molecule has 8 rings (SSSR count). The molecule has 316 valence electrons. The number of amides is 1. The minimum Gasteiger partial charge on any atom is -0.497 e. The van der Waals surface area contributed by atoms with Crippen LogP contribution in [0.25, 0.3) is 44.0 Å². The highest BCUT2D eigenvalue weighted by Crippen LogP contribution is 2.42.